The lowest BCUT2D eigenvalue weighted by Crippen LogP contribution is -2.26. The Hall–Kier alpha value is -2.87. The lowest BCUT2D eigenvalue weighted by Gasteiger charge is -2.25. The van der Waals surface area contributed by atoms with Crippen LogP contribution in [0.25, 0.3) is 10.9 Å². The van der Waals surface area contributed by atoms with Crippen LogP contribution < -0.4 is 10.3 Å². The van der Waals surface area contributed by atoms with Crippen molar-refractivity contribution in [1.29, 1.82) is 0 Å². The summed E-state index contributed by atoms with van der Waals surface area (Å²) in [6.07, 6.45) is -4.38. The van der Waals surface area contributed by atoms with Crippen molar-refractivity contribution in [2.24, 2.45) is 0 Å². The predicted octanol–water partition coefficient (Wildman–Crippen LogP) is 4.67. The van der Waals surface area contributed by atoms with E-state index in [1.807, 2.05) is 37.1 Å². The van der Waals surface area contributed by atoms with Gasteiger partial charge in [-0.25, -0.2) is 4.98 Å². The Bertz CT molecular complexity index is 1090. The first kappa shape index (κ1) is 21.8. The molecule has 0 saturated heterocycles. The zero-order chi connectivity index (χ0) is 22.1. The minimum Gasteiger partial charge on any atom is -0.484 e. The van der Waals surface area contributed by atoms with Crippen molar-refractivity contribution in [3.8, 4) is 5.75 Å². The van der Waals surface area contributed by atoms with Crippen LogP contribution in [-0.4, -0.2) is 34.7 Å². The summed E-state index contributed by atoms with van der Waals surface area (Å²) in [7, 11) is 1.90. The van der Waals surface area contributed by atoms with Crippen molar-refractivity contribution >= 4 is 10.9 Å². The third-order valence-electron chi connectivity index (χ3n) is 5.02. The zero-order valence-electron chi connectivity index (χ0n) is 17.3. The average Bonchev–Trinajstić information content (AvgIpc) is 2.65. The molecule has 8 heteroatoms. The van der Waals surface area contributed by atoms with E-state index in [1.165, 1.54) is 0 Å². The number of nitrogens with zero attached hydrogens (tertiary/aromatic N) is 2. The fraction of sp³-hybridized carbons (Fsp3) is 0.364. The fourth-order valence-electron chi connectivity index (χ4n) is 3.45. The van der Waals surface area contributed by atoms with E-state index in [0.717, 1.165) is 5.56 Å². The Morgan fingerprint density at radius 3 is 2.43 bits per heavy atom. The first-order chi connectivity index (χ1) is 14.0. The van der Waals surface area contributed by atoms with Gasteiger partial charge in [0.1, 0.15) is 11.6 Å². The van der Waals surface area contributed by atoms with Crippen molar-refractivity contribution < 1.29 is 17.9 Å². The van der Waals surface area contributed by atoms with Gasteiger partial charge >= 0.3 is 6.18 Å². The van der Waals surface area contributed by atoms with Crippen molar-refractivity contribution in [1.82, 2.24) is 14.9 Å². The number of ether oxygens (including phenoxy) is 1. The molecule has 0 saturated carbocycles. The molecule has 0 aliphatic rings. The third kappa shape index (κ3) is 4.99. The predicted molar refractivity (Wildman–Crippen MR) is 110 cm³/mol. The number of rotatable bonds is 6. The highest BCUT2D eigenvalue weighted by Gasteiger charge is 2.29. The van der Waals surface area contributed by atoms with Crippen LogP contribution in [0.2, 0.25) is 0 Å². The first-order valence-electron chi connectivity index (χ1n) is 9.54. The highest BCUT2D eigenvalue weighted by molar-refractivity contribution is 5.77. The molecule has 0 fully saturated rings. The monoisotopic (exact) mass is 419 g/mol. The zero-order valence-corrected chi connectivity index (χ0v) is 17.3. The van der Waals surface area contributed by atoms with Crippen molar-refractivity contribution in [2.75, 3.05) is 13.7 Å². The molecule has 1 heterocycles. The number of aromatic nitrogens is 2. The van der Waals surface area contributed by atoms with E-state index in [4.69, 9.17) is 4.74 Å². The molecule has 1 N–H and O–H groups in total. The minimum atomic E-state index is -4.38. The molecule has 0 amide bonds. The van der Waals surface area contributed by atoms with Gasteiger partial charge in [0, 0.05) is 6.54 Å². The maximum atomic E-state index is 12.5. The molecule has 1 aromatic heterocycles. The Kier molecular flexibility index (Phi) is 6.17. The summed E-state index contributed by atoms with van der Waals surface area (Å²) < 4.78 is 42.4. The highest BCUT2D eigenvalue weighted by atomic mass is 19.4. The maximum Gasteiger partial charge on any atom is 0.422 e. The number of H-pyrrole nitrogens is 1. The Morgan fingerprint density at radius 1 is 1.17 bits per heavy atom. The van der Waals surface area contributed by atoms with Crippen LogP contribution in [-0.2, 0) is 6.54 Å². The van der Waals surface area contributed by atoms with Crippen LogP contribution in [0, 0.1) is 13.8 Å². The molecule has 160 valence electrons. The summed E-state index contributed by atoms with van der Waals surface area (Å²) in [5, 5.41) is 0.539. The van der Waals surface area contributed by atoms with E-state index in [2.05, 4.69) is 9.97 Å². The Morgan fingerprint density at radius 2 is 1.80 bits per heavy atom. The number of fused-ring (bicyclic) bond motifs is 1. The van der Waals surface area contributed by atoms with Gasteiger partial charge in [-0.2, -0.15) is 13.2 Å². The quantitative estimate of drug-likeness (QED) is 0.631. The second-order valence-corrected chi connectivity index (χ2v) is 7.52. The van der Waals surface area contributed by atoms with E-state index < -0.39 is 12.8 Å². The molecular formula is C22H24F3N3O2. The van der Waals surface area contributed by atoms with Gasteiger partial charge in [0.15, 0.2) is 6.61 Å². The van der Waals surface area contributed by atoms with Gasteiger partial charge in [0.25, 0.3) is 5.56 Å². The topological polar surface area (TPSA) is 58.2 Å². The molecule has 30 heavy (non-hydrogen) atoms. The Balaban J connectivity index is 1.78. The SMILES string of the molecule is Cc1cc(CN(C)C(C)c2nc3ccccc3c(=O)[nH]2)cc(C)c1OCC(F)(F)F. The molecular weight excluding hydrogens is 395 g/mol. The van der Waals surface area contributed by atoms with E-state index in [1.54, 1.807) is 32.0 Å². The molecule has 3 aromatic rings. The molecule has 3 rings (SSSR count). The normalized spacial score (nSPS) is 13.1. The van der Waals surface area contributed by atoms with Crippen LogP contribution in [0.4, 0.5) is 13.2 Å². The van der Waals surface area contributed by atoms with Gasteiger partial charge in [0.05, 0.1) is 16.9 Å². The van der Waals surface area contributed by atoms with Crippen LogP contribution in [0.3, 0.4) is 0 Å². The standard InChI is InChI=1S/C22H24F3N3O2/c1-13-9-16(10-14(2)19(13)30-12-22(23,24)25)11-28(4)15(3)20-26-18-8-6-5-7-17(18)21(29)27-20/h5-10,15H,11-12H2,1-4H3,(H,26,27,29). The van der Waals surface area contributed by atoms with Gasteiger partial charge < -0.3 is 9.72 Å². The second-order valence-electron chi connectivity index (χ2n) is 7.52. The summed E-state index contributed by atoms with van der Waals surface area (Å²) >= 11 is 0. The van der Waals surface area contributed by atoms with E-state index in [0.29, 0.717) is 34.4 Å². The highest BCUT2D eigenvalue weighted by Crippen LogP contribution is 2.28. The largest absolute Gasteiger partial charge is 0.484 e. The molecule has 2 aromatic carbocycles. The molecule has 1 unspecified atom stereocenters. The smallest absolute Gasteiger partial charge is 0.422 e. The Labute approximate surface area is 172 Å². The van der Waals surface area contributed by atoms with Crippen LogP contribution in [0.5, 0.6) is 5.75 Å². The molecule has 0 aliphatic carbocycles. The maximum absolute atomic E-state index is 12.5. The third-order valence-corrected chi connectivity index (χ3v) is 5.02. The molecule has 5 nitrogen and oxygen atoms in total. The number of benzene rings is 2. The number of hydrogen-bond donors (Lipinski definition) is 1. The first-order valence-corrected chi connectivity index (χ1v) is 9.54. The molecule has 0 bridgehead atoms. The number of para-hydroxylation sites is 1. The van der Waals surface area contributed by atoms with Gasteiger partial charge in [0.2, 0.25) is 0 Å². The molecule has 0 radical (unpaired) electrons. The van der Waals surface area contributed by atoms with Crippen LogP contribution in [0.1, 0.15) is 35.5 Å². The van der Waals surface area contributed by atoms with Crippen molar-refractivity contribution in [3.05, 3.63) is 69.3 Å². The number of nitrogens with one attached hydrogen (secondary N) is 1. The second kappa shape index (κ2) is 8.47. The van der Waals surface area contributed by atoms with Gasteiger partial charge in [-0.05, 0) is 56.6 Å². The van der Waals surface area contributed by atoms with Crippen LogP contribution >= 0.6 is 0 Å². The molecule has 0 aliphatic heterocycles. The van der Waals surface area contributed by atoms with Gasteiger partial charge in [-0.1, -0.05) is 24.3 Å². The van der Waals surface area contributed by atoms with E-state index >= 15 is 0 Å². The van der Waals surface area contributed by atoms with Crippen molar-refractivity contribution in [3.63, 3.8) is 0 Å². The van der Waals surface area contributed by atoms with Gasteiger partial charge in [-0.15, -0.1) is 0 Å². The fourth-order valence-corrected chi connectivity index (χ4v) is 3.45. The van der Waals surface area contributed by atoms with Crippen molar-refractivity contribution in [2.45, 2.75) is 39.5 Å². The number of alkyl halides is 3. The molecule has 0 spiro atoms. The lowest BCUT2D eigenvalue weighted by atomic mass is 10.0. The van der Waals surface area contributed by atoms with E-state index in [9.17, 15) is 18.0 Å². The number of hydrogen-bond acceptors (Lipinski definition) is 4. The summed E-state index contributed by atoms with van der Waals surface area (Å²) in [6, 6.07) is 10.6. The number of aryl methyl sites for hydroxylation is 2. The summed E-state index contributed by atoms with van der Waals surface area (Å²) in [5.41, 5.74) is 2.67. The molecule has 1 atom stereocenters. The minimum absolute atomic E-state index is 0.177. The van der Waals surface area contributed by atoms with Gasteiger partial charge in [-0.3, -0.25) is 9.69 Å². The lowest BCUT2D eigenvalue weighted by molar-refractivity contribution is -0.153. The number of aromatic amines is 1. The summed E-state index contributed by atoms with van der Waals surface area (Å²) in [6.45, 7) is 4.61. The number of halogens is 3. The van der Waals surface area contributed by atoms with E-state index in [-0.39, 0.29) is 17.4 Å². The summed E-state index contributed by atoms with van der Waals surface area (Å²) in [4.78, 5) is 21.8. The summed E-state index contributed by atoms with van der Waals surface area (Å²) in [5.74, 6) is 0.812. The average molecular weight is 419 g/mol. The van der Waals surface area contributed by atoms with Crippen LogP contribution in [0.15, 0.2) is 41.2 Å².